The van der Waals surface area contributed by atoms with Crippen LogP contribution in [0, 0.1) is 0 Å². The lowest BCUT2D eigenvalue weighted by Crippen LogP contribution is -2.22. The summed E-state index contributed by atoms with van der Waals surface area (Å²) in [5.74, 6) is -0.657. The van der Waals surface area contributed by atoms with E-state index in [4.69, 9.17) is 18.9 Å². The summed E-state index contributed by atoms with van der Waals surface area (Å²) in [6, 6.07) is 7.66. The number of anilines is 1. The molecule has 31 heavy (non-hydrogen) atoms. The molecule has 0 heterocycles. The van der Waals surface area contributed by atoms with Crippen molar-refractivity contribution in [2.45, 2.75) is 6.18 Å². The Hall–Kier alpha value is -3.69. The van der Waals surface area contributed by atoms with Crippen molar-refractivity contribution in [3.8, 4) is 17.2 Å². The van der Waals surface area contributed by atoms with Crippen LogP contribution in [0.1, 0.15) is 11.1 Å². The zero-order valence-corrected chi connectivity index (χ0v) is 16.9. The largest absolute Gasteiger partial charge is 0.493 e. The van der Waals surface area contributed by atoms with Crippen LogP contribution in [-0.4, -0.2) is 39.8 Å². The smallest absolute Gasteiger partial charge is 0.418 e. The number of nitrogens with one attached hydrogen (secondary N) is 1. The van der Waals surface area contributed by atoms with Gasteiger partial charge in [-0.15, -0.1) is 0 Å². The summed E-state index contributed by atoms with van der Waals surface area (Å²) < 4.78 is 59.3. The molecule has 2 aromatic rings. The van der Waals surface area contributed by atoms with Crippen LogP contribution >= 0.6 is 0 Å². The molecule has 0 spiro atoms. The number of esters is 1. The lowest BCUT2D eigenvalue weighted by Gasteiger charge is -2.13. The molecule has 1 N–H and O–H groups in total. The standard InChI is InChI=1S/C21H20F3NO6/c1-28-16-10-13(11-17(29-2)20(16)30-3)8-9-19(27)31-12-18(26)25-15-7-5-4-6-14(15)21(22,23)24/h4-11H,12H2,1-3H3,(H,25,26)/b9-8+. The van der Waals surface area contributed by atoms with Gasteiger partial charge in [0.1, 0.15) is 0 Å². The van der Waals surface area contributed by atoms with E-state index in [0.717, 1.165) is 18.2 Å². The number of hydrogen-bond donors (Lipinski definition) is 1. The van der Waals surface area contributed by atoms with Gasteiger partial charge in [0.15, 0.2) is 18.1 Å². The first kappa shape index (κ1) is 23.6. The highest BCUT2D eigenvalue weighted by Crippen LogP contribution is 2.38. The fraction of sp³-hybridized carbons (Fsp3) is 0.238. The van der Waals surface area contributed by atoms with Crippen LogP contribution in [0.25, 0.3) is 6.08 Å². The molecule has 7 nitrogen and oxygen atoms in total. The summed E-state index contributed by atoms with van der Waals surface area (Å²) in [7, 11) is 4.33. The second-order valence-corrected chi connectivity index (χ2v) is 5.99. The summed E-state index contributed by atoms with van der Waals surface area (Å²) in [5.41, 5.74) is -0.906. The fourth-order valence-corrected chi connectivity index (χ4v) is 2.57. The summed E-state index contributed by atoms with van der Waals surface area (Å²) in [6.07, 6.45) is -2.19. The number of ether oxygens (including phenoxy) is 4. The van der Waals surface area contributed by atoms with Crippen molar-refractivity contribution in [1.82, 2.24) is 0 Å². The van der Waals surface area contributed by atoms with Gasteiger partial charge < -0.3 is 24.3 Å². The van der Waals surface area contributed by atoms with Crippen LogP contribution in [0.5, 0.6) is 17.2 Å². The summed E-state index contributed by atoms with van der Waals surface area (Å²) in [5, 5.41) is 2.08. The van der Waals surface area contributed by atoms with E-state index in [1.807, 2.05) is 0 Å². The molecule has 0 saturated carbocycles. The Morgan fingerprint density at radius 3 is 2.16 bits per heavy atom. The molecule has 0 fully saturated rings. The molecule has 0 aromatic heterocycles. The predicted molar refractivity (Wildman–Crippen MR) is 106 cm³/mol. The SMILES string of the molecule is COc1cc(/C=C/C(=O)OCC(=O)Nc2ccccc2C(F)(F)F)cc(OC)c1OC. The third-order valence-corrected chi connectivity index (χ3v) is 3.95. The average Bonchev–Trinajstić information content (AvgIpc) is 2.74. The molecule has 0 aliphatic rings. The summed E-state index contributed by atoms with van der Waals surface area (Å²) in [4.78, 5) is 23.8. The summed E-state index contributed by atoms with van der Waals surface area (Å²) in [6.45, 7) is -0.759. The number of alkyl halides is 3. The van der Waals surface area contributed by atoms with Gasteiger partial charge in [0.2, 0.25) is 5.75 Å². The zero-order chi connectivity index (χ0) is 23.0. The molecule has 1 amide bonds. The second-order valence-electron chi connectivity index (χ2n) is 5.99. The van der Waals surface area contributed by atoms with E-state index < -0.39 is 35.9 Å². The number of hydrogen-bond acceptors (Lipinski definition) is 6. The van der Waals surface area contributed by atoms with E-state index in [-0.39, 0.29) is 0 Å². The van der Waals surface area contributed by atoms with E-state index in [1.165, 1.54) is 39.5 Å². The number of benzene rings is 2. The third-order valence-electron chi connectivity index (χ3n) is 3.95. The van der Waals surface area contributed by atoms with Crippen LogP contribution in [0.3, 0.4) is 0 Å². The predicted octanol–water partition coefficient (Wildman–Crippen LogP) is 3.93. The van der Waals surface area contributed by atoms with Crippen molar-refractivity contribution in [3.05, 3.63) is 53.6 Å². The first-order valence-electron chi connectivity index (χ1n) is 8.80. The number of methoxy groups -OCH3 is 3. The Kier molecular flexibility index (Phi) is 7.89. The summed E-state index contributed by atoms with van der Waals surface area (Å²) >= 11 is 0. The highest BCUT2D eigenvalue weighted by atomic mass is 19.4. The van der Waals surface area contributed by atoms with Crippen LogP contribution < -0.4 is 19.5 Å². The maximum Gasteiger partial charge on any atom is 0.418 e. The molecule has 10 heteroatoms. The van der Waals surface area contributed by atoms with Gasteiger partial charge in [-0.25, -0.2) is 4.79 Å². The van der Waals surface area contributed by atoms with Gasteiger partial charge >= 0.3 is 12.1 Å². The second kappa shape index (κ2) is 10.4. The van der Waals surface area contributed by atoms with Gasteiger partial charge in [-0.05, 0) is 35.9 Å². The molecular weight excluding hydrogens is 419 g/mol. The Balaban J connectivity index is 2.00. The van der Waals surface area contributed by atoms with Crippen molar-refractivity contribution in [1.29, 1.82) is 0 Å². The lowest BCUT2D eigenvalue weighted by atomic mass is 10.1. The van der Waals surface area contributed by atoms with E-state index >= 15 is 0 Å². The molecule has 0 bridgehead atoms. The van der Waals surface area contributed by atoms with Crippen LogP contribution in [0.2, 0.25) is 0 Å². The molecule has 2 aromatic carbocycles. The number of carbonyl (C=O) groups excluding carboxylic acids is 2. The minimum atomic E-state index is -4.64. The fourth-order valence-electron chi connectivity index (χ4n) is 2.57. The maximum atomic E-state index is 13.0. The van der Waals surface area contributed by atoms with Gasteiger partial charge in [-0.1, -0.05) is 12.1 Å². The monoisotopic (exact) mass is 439 g/mol. The van der Waals surface area contributed by atoms with Crippen LogP contribution in [-0.2, 0) is 20.5 Å². The average molecular weight is 439 g/mol. The highest BCUT2D eigenvalue weighted by molar-refractivity contribution is 5.95. The number of para-hydroxylation sites is 1. The normalized spacial score (nSPS) is 11.2. The van der Waals surface area contributed by atoms with E-state index in [9.17, 15) is 22.8 Å². The lowest BCUT2D eigenvalue weighted by molar-refractivity contribution is -0.142. The molecule has 0 saturated heterocycles. The van der Waals surface area contributed by atoms with E-state index in [2.05, 4.69) is 5.32 Å². The third kappa shape index (κ3) is 6.39. The van der Waals surface area contributed by atoms with Crippen molar-refractivity contribution in [3.63, 3.8) is 0 Å². The van der Waals surface area contributed by atoms with Gasteiger partial charge in [-0.3, -0.25) is 4.79 Å². The number of halogens is 3. The number of rotatable bonds is 8. The van der Waals surface area contributed by atoms with Gasteiger partial charge in [-0.2, -0.15) is 13.2 Å². The van der Waals surface area contributed by atoms with Crippen molar-refractivity contribution in [2.75, 3.05) is 33.3 Å². The molecule has 0 radical (unpaired) electrons. The number of carbonyl (C=O) groups is 2. The Bertz CT molecular complexity index is 947. The minimum absolute atomic E-state index is 0.373. The molecular formula is C21H20F3NO6. The Morgan fingerprint density at radius 2 is 1.61 bits per heavy atom. The van der Waals surface area contributed by atoms with Crippen molar-refractivity contribution >= 4 is 23.6 Å². The topological polar surface area (TPSA) is 83.1 Å². The van der Waals surface area contributed by atoms with Gasteiger partial charge in [0.25, 0.3) is 5.91 Å². The van der Waals surface area contributed by atoms with E-state index in [0.29, 0.717) is 22.8 Å². The highest BCUT2D eigenvalue weighted by Gasteiger charge is 2.33. The molecule has 0 aliphatic carbocycles. The van der Waals surface area contributed by atoms with Crippen LogP contribution in [0.4, 0.5) is 18.9 Å². The first-order valence-corrected chi connectivity index (χ1v) is 8.80. The quantitative estimate of drug-likeness (QED) is 0.496. The number of amides is 1. The van der Waals surface area contributed by atoms with Crippen molar-refractivity contribution in [2.24, 2.45) is 0 Å². The minimum Gasteiger partial charge on any atom is -0.493 e. The zero-order valence-electron chi connectivity index (χ0n) is 16.9. The Labute approximate surface area is 176 Å². The van der Waals surface area contributed by atoms with Gasteiger partial charge in [0, 0.05) is 6.08 Å². The first-order chi connectivity index (χ1) is 14.7. The van der Waals surface area contributed by atoms with Crippen LogP contribution in [0.15, 0.2) is 42.5 Å². The Morgan fingerprint density at radius 1 is 1.00 bits per heavy atom. The molecule has 0 aliphatic heterocycles. The molecule has 2 rings (SSSR count). The van der Waals surface area contributed by atoms with Crippen molar-refractivity contribution < 1.29 is 41.7 Å². The molecule has 166 valence electrons. The van der Waals surface area contributed by atoms with Gasteiger partial charge in [0.05, 0.1) is 32.6 Å². The molecule has 0 atom stereocenters. The van der Waals surface area contributed by atoms with E-state index in [1.54, 1.807) is 12.1 Å². The maximum absolute atomic E-state index is 13.0. The molecule has 0 unspecified atom stereocenters.